The Balaban J connectivity index is 1.61. The van der Waals surface area contributed by atoms with Crippen LogP contribution in [-0.4, -0.2) is 40.4 Å². The van der Waals surface area contributed by atoms with E-state index in [1.54, 1.807) is 18.2 Å². The van der Waals surface area contributed by atoms with Crippen molar-refractivity contribution < 1.29 is 9.18 Å². The summed E-state index contributed by atoms with van der Waals surface area (Å²) in [7, 11) is 2.07. The summed E-state index contributed by atoms with van der Waals surface area (Å²) in [6.45, 7) is 3.03. The Morgan fingerprint density at radius 3 is 2.76 bits per heavy atom. The number of aryl methyl sites for hydroxylation is 1. The number of rotatable bonds is 6. The second kappa shape index (κ2) is 10.7. The SMILES string of the molecule is Cc1cccc(-c2c(NC(=O)/C=C/[C@H]3CCCN3C)ccc3ncnc(Nc4cccc(Cl)c4F)c23)c1. The summed E-state index contributed by atoms with van der Waals surface area (Å²) in [5, 5.41) is 6.80. The van der Waals surface area contributed by atoms with Crippen LogP contribution in [0.1, 0.15) is 18.4 Å². The summed E-state index contributed by atoms with van der Waals surface area (Å²) in [4.78, 5) is 24.1. The lowest BCUT2D eigenvalue weighted by molar-refractivity contribution is -0.111. The van der Waals surface area contributed by atoms with Crippen LogP contribution in [0.25, 0.3) is 22.0 Å². The molecule has 37 heavy (non-hydrogen) atoms. The number of anilines is 3. The molecule has 8 heteroatoms. The second-order valence-corrected chi connectivity index (χ2v) is 9.65. The highest BCUT2D eigenvalue weighted by Gasteiger charge is 2.20. The molecular formula is C29H27ClFN5O. The van der Waals surface area contributed by atoms with Gasteiger partial charge in [0.2, 0.25) is 5.91 Å². The average molecular weight is 516 g/mol. The largest absolute Gasteiger partial charge is 0.337 e. The molecule has 1 atom stereocenters. The minimum atomic E-state index is -0.570. The van der Waals surface area contributed by atoms with Crippen molar-refractivity contribution in [3.05, 3.63) is 89.5 Å². The van der Waals surface area contributed by atoms with Crippen LogP contribution in [0.15, 0.2) is 73.1 Å². The highest BCUT2D eigenvalue weighted by atomic mass is 35.5. The van der Waals surface area contributed by atoms with Gasteiger partial charge < -0.3 is 10.6 Å². The van der Waals surface area contributed by atoms with Crippen molar-refractivity contribution in [1.82, 2.24) is 14.9 Å². The van der Waals surface area contributed by atoms with Gasteiger partial charge in [0.15, 0.2) is 5.82 Å². The molecule has 5 rings (SSSR count). The highest BCUT2D eigenvalue weighted by molar-refractivity contribution is 6.31. The Morgan fingerprint density at radius 1 is 1.14 bits per heavy atom. The number of benzene rings is 3. The molecule has 0 saturated carbocycles. The maximum atomic E-state index is 14.7. The predicted molar refractivity (Wildman–Crippen MR) is 148 cm³/mol. The Morgan fingerprint density at radius 2 is 1.97 bits per heavy atom. The Labute approximate surface area is 220 Å². The molecule has 0 radical (unpaired) electrons. The van der Waals surface area contributed by atoms with Crippen molar-refractivity contribution in [2.75, 3.05) is 24.2 Å². The molecule has 188 valence electrons. The fraction of sp³-hybridized carbons (Fsp3) is 0.207. The number of fused-ring (bicyclic) bond motifs is 1. The summed E-state index contributed by atoms with van der Waals surface area (Å²) < 4.78 is 14.7. The van der Waals surface area contributed by atoms with Crippen LogP contribution in [0.4, 0.5) is 21.6 Å². The van der Waals surface area contributed by atoms with Gasteiger partial charge in [0.1, 0.15) is 12.1 Å². The molecule has 1 aliphatic rings. The fourth-order valence-electron chi connectivity index (χ4n) is 4.73. The van der Waals surface area contributed by atoms with Crippen LogP contribution in [0.5, 0.6) is 0 Å². The number of nitrogens with one attached hydrogen (secondary N) is 2. The minimum absolute atomic E-state index is 0.00918. The van der Waals surface area contributed by atoms with E-state index in [-0.39, 0.29) is 22.7 Å². The van der Waals surface area contributed by atoms with E-state index in [4.69, 9.17) is 11.6 Å². The quantitative estimate of drug-likeness (QED) is 0.279. The number of amides is 1. The van der Waals surface area contributed by atoms with E-state index < -0.39 is 5.82 Å². The molecule has 1 aromatic heterocycles. The zero-order valence-corrected chi connectivity index (χ0v) is 21.4. The monoisotopic (exact) mass is 515 g/mol. The smallest absolute Gasteiger partial charge is 0.248 e. The molecule has 0 unspecified atom stereocenters. The summed E-state index contributed by atoms with van der Waals surface area (Å²) in [5.74, 6) is -0.387. The average Bonchev–Trinajstić information content (AvgIpc) is 3.30. The van der Waals surface area contributed by atoms with Gasteiger partial charge in [-0.25, -0.2) is 14.4 Å². The third-order valence-electron chi connectivity index (χ3n) is 6.62. The number of hydrogen-bond acceptors (Lipinski definition) is 5. The van der Waals surface area contributed by atoms with Crippen LogP contribution < -0.4 is 10.6 Å². The summed E-state index contributed by atoms with van der Waals surface area (Å²) in [6, 6.07) is 16.6. The summed E-state index contributed by atoms with van der Waals surface area (Å²) in [5.41, 5.74) is 4.13. The van der Waals surface area contributed by atoms with E-state index in [0.29, 0.717) is 22.4 Å². The number of halogens is 2. The van der Waals surface area contributed by atoms with Crippen LogP contribution >= 0.6 is 11.6 Å². The van der Waals surface area contributed by atoms with E-state index in [2.05, 4.69) is 32.5 Å². The van der Waals surface area contributed by atoms with E-state index in [0.717, 1.165) is 36.1 Å². The molecule has 1 aliphatic heterocycles. The van der Waals surface area contributed by atoms with Crippen LogP contribution in [0.3, 0.4) is 0 Å². The standard InChI is InChI=1S/C29H27ClFN5O/c1-18-6-3-7-19(16-18)26-23(34-25(37)14-11-20-8-5-15-36(20)2)13-12-22-27(26)29(33-17-32-22)35-24-10-4-9-21(30)28(24)31/h3-4,6-7,9-14,16-17,20H,5,8,15H2,1-2H3,(H,34,37)(H,32,33,35)/b14-11+/t20-/m1/s1. The van der Waals surface area contributed by atoms with Crippen molar-refractivity contribution in [1.29, 1.82) is 0 Å². The molecule has 2 N–H and O–H groups in total. The van der Waals surface area contributed by atoms with E-state index in [1.165, 1.54) is 12.4 Å². The maximum absolute atomic E-state index is 14.7. The third-order valence-corrected chi connectivity index (χ3v) is 6.91. The van der Waals surface area contributed by atoms with Crippen LogP contribution in [0.2, 0.25) is 5.02 Å². The molecule has 0 aliphatic carbocycles. The van der Waals surface area contributed by atoms with Crippen molar-refractivity contribution >= 4 is 45.6 Å². The van der Waals surface area contributed by atoms with Crippen LogP contribution in [-0.2, 0) is 4.79 Å². The van der Waals surface area contributed by atoms with Crippen molar-refractivity contribution in [3.8, 4) is 11.1 Å². The molecular weight excluding hydrogens is 489 g/mol. The van der Waals surface area contributed by atoms with Gasteiger partial charge in [-0.1, -0.05) is 53.6 Å². The molecule has 2 heterocycles. The second-order valence-electron chi connectivity index (χ2n) is 9.24. The van der Waals surface area contributed by atoms with E-state index >= 15 is 0 Å². The minimum Gasteiger partial charge on any atom is -0.337 e. The lowest BCUT2D eigenvalue weighted by atomic mass is 9.97. The molecule has 0 spiro atoms. The van der Waals surface area contributed by atoms with Crippen molar-refractivity contribution in [2.45, 2.75) is 25.8 Å². The normalized spacial score (nSPS) is 15.9. The number of carbonyl (C=O) groups excluding carboxylic acids is 1. The molecule has 1 saturated heterocycles. The number of nitrogens with zero attached hydrogens (tertiary/aromatic N) is 3. The number of aromatic nitrogens is 2. The fourth-order valence-corrected chi connectivity index (χ4v) is 4.91. The lowest BCUT2D eigenvalue weighted by Crippen LogP contribution is -2.23. The van der Waals surface area contributed by atoms with E-state index in [1.807, 2.05) is 49.4 Å². The zero-order chi connectivity index (χ0) is 25.9. The first-order valence-electron chi connectivity index (χ1n) is 12.2. The third kappa shape index (κ3) is 5.33. The topological polar surface area (TPSA) is 70.2 Å². The van der Waals surface area contributed by atoms with Gasteiger partial charge in [0, 0.05) is 23.4 Å². The van der Waals surface area contributed by atoms with Gasteiger partial charge in [0.25, 0.3) is 0 Å². The number of hydrogen-bond donors (Lipinski definition) is 2. The van der Waals surface area contributed by atoms with Gasteiger partial charge in [-0.15, -0.1) is 0 Å². The lowest BCUT2D eigenvalue weighted by Gasteiger charge is -2.17. The van der Waals surface area contributed by atoms with Gasteiger partial charge in [-0.3, -0.25) is 9.69 Å². The number of carbonyl (C=O) groups is 1. The first-order valence-corrected chi connectivity index (χ1v) is 12.5. The molecule has 1 amide bonds. The van der Waals surface area contributed by atoms with Gasteiger partial charge in [0.05, 0.1) is 21.6 Å². The van der Waals surface area contributed by atoms with E-state index in [9.17, 15) is 9.18 Å². The predicted octanol–water partition coefficient (Wildman–Crippen LogP) is 6.73. The van der Waals surface area contributed by atoms with Gasteiger partial charge in [-0.05, 0) is 63.2 Å². The summed E-state index contributed by atoms with van der Waals surface area (Å²) >= 11 is 6.01. The van der Waals surface area contributed by atoms with Crippen molar-refractivity contribution in [3.63, 3.8) is 0 Å². The molecule has 1 fully saturated rings. The molecule has 4 aromatic rings. The Hall–Kier alpha value is -3.81. The van der Waals surface area contributed by atoms with Gasteiger partial charge >= 0.3 is 0 Å². The maximum Gasteiger partial charge on any atom is 0.248 e. The van der Waals surface area contributed by atoms with Gasteiger partial charge in [-0.2, -0.15) is 0 Å². The molecule has 3 aromatic carbocycles. The molecule has 6 nitrogen and oxygen atoms in total. The molecule has 0 bridgehead atoms. The number of likely N-dealkylation sites (N-methyl/N-ethyl adjacent to an activating group) is 1. The zero-order valence-electron chi connectivity index (χ0n) is 20.6. The van der Waals surface area contributed by atoms with Crippen LogP contribution in [0, 0.1) is 12.7 Å². The first-order chi connectivity index (χ1) is 17.9. The van der Waals surface area contributed by atoms with Crippen molar-refractivity contribution in [2.24, 2.45) is 0 Å². The Kier molecular flexibility index (Phi) is 7.17. The first kappa shape index (κ1) is 24.9. The Bertz CT molecular complexity index is 1510. The highest BCUT2D eigenvalue weighted by Crippen LogP contribution is 2.39. The number of likely N-dealkylation sites (tertiary alicyclic amines) is 1. The summed E-state index contributed by atoms with van der Waals surface area (Å²) in [6.07, 6.45) is 7.13.